The normalized spacial score (nSPS) is 15.1. The first-order valence-electron chi connectivity index (χ1n) is 10.1. The maximum absolute atomic E-state index is 12.9. The molecule has 160 valence electrons. The number of likely N-dealkylation sites (N-methyl/N-ethyl adjacent to an activating group) is 2. The summed E-state index contributed by atoms with van der Waals surface area (Å²) in [6.07, 6.45) is 3.10. The van der Waals surface area contributed by atoms with E-state index in [2.05, 4.69) is 48.6 Å². The van der Waals surface area contributed by atoms with Crippen LogP contribution in [0.5, 0.6) is 0 Å². The number of nitrogens with one attached hydrogen (secondary N) is 1. The smallest absolute Gasteiger partial charge is 0.246 e. The van der Waals surface area contributed by atoms with E-state index >= 15 is 0 Å². The van der Waals surface area contributed by atoms with E-state index < -0.39 is 10.0 Å². The number of hydrogen-bond acceptors (Lipinski definition) is 4. The Bertz CT molecular complexity index is 1010. The zero-order valence-electron chi connectivity index (χ0n) is 17.8. The third-order valence-corrected chi connectivity index (χ3v) is 7.20. The van der Waals surface area contributed by atoms with Crippen LogP contribution < -0.4 is 5.32 Å². The van der Waals surface area contributed by atoms with Gasteiger partial charge in [0.1, 0.15) is 0 Å². The second-order valence-electron chi connectivity index (χ2n) is 7.70. The van der Waals surface area contributed by atoms with Gasteiger partial charge in [-0.15, -0.1) is 0 Å². The van der Waals surface area contributed by atoms with E-state index in [0.29, 0.717) is 18.5 Å². The summed E-state index contributed by atoms with van der Waals surface area (Å²) >= 11 is 0. The molecule has 0 atom stereocenters. The van der Waals surface area contributed by atoms with Crippen LogP contribution in [0.3, 0.4) is 0 Å². The summed E-state index contributed by atoms with van der Waals surface area (Å²) in [5, 5.41) is 2.58. The lowest BCUT2D eigenvalue weighted by Gasteiger charge is -2.25. The predicted molar refractivity (Wildman–Crippen MR) is 120 cm³/mol. The minimum absolute atomic E-state index is 0.149. The van der Waals surface area contributed by atoms with Crippen LogP contribution in [0, 0.1) is 0 Å². The maximum Gasteiger partial charge on any atom is 0.246 e. The molecule has 7 heteroatoms. The summed E-state index contributed by atoms with van der Waals surface area (Å²) in [6.45, 7) is 1.52. The fourth-order valence-electron chi connectivity index (χ4n) is 3.42. The van der Waals surface area contributed by atoms with Gasteiger partial charge in [-0.2, -0.15) is 4.31 Å². The van der Waals surface area contributed by atoms with E-state index in [0.717, 1.165) is 24.1 Å². The van der Waals surface area contributed by atoms with Crippen molar-refractivity contribution in [2.75, 3.05) is 40.8 Å². The quantitative estimate of drug-likeness (QED) is 0.737. The molecule has 0 bridgehead atoms. The molecule has 0 spiro atoms. The topological polar surface area (TPSA) is 69.7 Å². The van der Waals surface area contributed by atoms with E-state index in [1.807, 2.05) is 12.1 Å². The van der Waals surface area contributed by atoms with Crippen LogP contribution in [0.15, 0.2) is 65.1 Å². The highest BCUT2D eigenvalue weighted by atomic mass is 32.2. The van der Waals surface area contributed by atoms with E-state index in [-0.39, 0.29) is 17.3 Å². The first-order valence-corrected chi connectivity index (χ1v) is 11.5. The Hall–Kier alpha value is -2.48. The third kappa shape index (κ3) is 5.16. The zero-order valence-corrected chi connectivity index (χ0v) is 18.6. The van der Waals surface area contributed by atoms with Gasteiger partial charge in [-0.05, 0) is 55.8 Å². The number of benzene rings is 2. The van der Waals surface area contributed by atoms with Gasteiger partial charge in [0.05, 0.1) is 4.90 Å². The summed E-state index contributed by atoms with van der Waals surface area (Å²) in [5.41, 5.74) is 3.95. The second kappa shape index (κ2) is 9.55. The largest absolute Gasteiger partial charge is 0.355 e. The third-order valence-electron chi connectivity index (χ3n) is 5.32. The van der Waals surface area contributed by atoms with Crippen molar-refractivity contribution >= 4 is 15.9 Å². The predicted octanol–water partition coefficient (Wildman–Crippen LogP) is 2.52. The highest BCUT2D eigenvalue weighted by molar-refractivity contribution is 7.89. The highest BCUT2D eigenvalue weighted by Crippen LogP contribution is 2.25. The Kier molecular flexibility index (Phi) is 7.07. The van der Waals surface area contributed by atoms with E-state index in [4.69, 9.17) is 0 Å². The average Bonchev–Trinajstić information content (AvgIpc) is 2.77. The molecule has 0 unspecified atom stereocenters. The Labute approximate surface area is 179 Å². The molecular formula is C23H29N3O3S. The summed E-state index contributed by atoms with van der Waals surface area (Å²) in [6, 6.07) is 15.4. The van der Waals surface area contributed by atoms with Crippen LogP contribution in [0.25, 0.3) is 11.1 Å². The summed E-state index contributed by atoms with van der Waals surface area (Å²) in [4.78, 5) is 14.1. The molecule has 0 aromatic heterocycles. The molecule has 0 saturated carbocycles. The molecule has 0 radical (unpaired) electrons. The van der Waals surface area contributed by atoms with Crippen LogP contribution in [0.4, 0.5) is 0 Å². The summed E-state index contributed by atoms with van der Waals surface area (Å²) < 4.78 is 27.3. The molecule has 1 heterocycles. The fraction of sp³-hybridized carbons (Fsp3) is 0.348. The van der Waals surface area contributed by atoms with Crippen LogP contribution in [0.1, 0.15) is 12.0 Å². The molecule has 3 rings (SSSR count). The van der Waals surface area contributed by atoms with Gasteiger partial charge in [-0.25, -0.2) is 8.42 Å². The van der Waals surface area contributed by atoms with Gasteiger partial charge in [0, 0.05) is 32.3 Å². The minimum atomic E-state index is -3.59. The Balaban J connectivity index is 1.70. The van der Waals surface area contributed by atoms with Gasteiger partial charge in [0.2, 0.25) is 15.9 Å². The first-order chi connectivity index (χ1) is 14.3. The number of sulfonamides is 1. The van der Waals surface area contributed by atoms with Crippen molar-refractivity contribution in [3.8, 4) is 11.1 Å². The molecule has 1 aliphatic heterocycles. The number of hydrogen-bond donors (Lipinski definition) is 1. The van der Waals surface area contributed by atoms with Crippen molar-refractivity contribution in [3.63, 3.8) is 0 Å². The van der Waals surface area contributed by atoms with Crippen LogP contribution in [0.2, 0.25) is 0 Å². The maximum atomic E-state index is 12.9. The standard InChI is InChI=1S/C23H29N3O3S/c1-24-23(27)21-13-16-26(17-14-21)30(28,29)22-10-8-20(9-11-22)19-6-4-18(5-7-19)12-15-25(2)3/h4-11,13H,12,14-17H2,1-3H3,(H,24,27). The van der Waals surface area contributed by atoms with Gasteiger partial charge < -0.3 is 10.2 Å². The molecular weight excluding hydrogens is 398 g/mol. The molecule has 6 nitrogen and oxygen atoms in total. The Morgan fingerprint density at radius 3 is 2.13 bits per heavy atom. The summed E-state index contributed by atoms with van der Waals surface area (Å²) in [5.74, 6) is -0.149. The number of amides is 1. The first kappa shape index (κ1) is 22.2. The molecule has 0 aliphatic carbocycles. The Morgan fingerprint density at radius 2 is 1.63 bits per heavy atom. The van der Waals surface area contributed by atoms with Crippen LogP contribution >= 0.6 is 0 Å². The van der Waals surface area contributed by atoms with Crippen molar-refractivity contribution in [1.82, 2.24) is 14.5 Å². The molecule has 0 fully saturated rings. The molecule has 1 aliphatic rings. The van der Waals surface area contributed by atoms with Crippen molar-refractivity contribution < 1.29 is 13.2 Å². The molecule has 1 amide bonds. The lowest BCUT2D eigenvalue weighted by molar-refractivity contribution is -0.117. The molecule has 2 aromatic carbocycles. The van der Waals surface area contributed by atoms with E-state index in [1.54, 1.807) is 25.3 Å². The molecule has 0 saturated heterocycles. The number of carbonyl (C=O) groups excluding carboxylic acids is 1. The SMILES string of the molecule is CNC(=O)C1=CCN(S(=O)(=O)c2ccc(-c3ccc(CCN(C)C)cc3)cc2)CC1. The van der Waals surface area contributed by atoms with Crippen molar-refractivity contribution in [1.29, 1.82) is 0 Å². The lowest BCUT2D eigenvalue weighted by atomic mass is 10.0. The zero-order chi connectivity index (χ0) is 21.7. The monoisotopic (exact) mass is 427 g/mol. The lowest BCUT2D eigenvalue weighted by Crippen LogP contribution is -2.37. The van der Waals surface area contributed by atoms with E-state index in [9.17, 15) is 13.2 Å². The summed E-state index contributed by atoms with van der Waals surface area (Å²) in [7, 11) is 2.11. The second-order valence-corrected chi connectivity index (χ2v) is 9.63. The molecule has 1 N–H and O–H groups in total. The molecule has 2 aromatic rings. The number of nitrogens with zero attached hydrogens (tertiary/aromatic N) is 2. The molecule has 30 heavy (non-hydrogen) atoms. The minimum Gasteiger partial charge on any atom is -0.355 e. The average molecular weight is 428 g/mol. The van der Waals surface area contributed by atoms with Crippen molar-refractivity contribution in [2.24, 2.45) is 0 Å². The highest BCUT2D eigenvalue weighted by Gasteiger charge is 2.27. The van der Waals surface area contributed by atoms with Crippen LogP contribution in [-0.2, 0) is 21.2 Å². The van der Waals surface area contributed by atoms with Crippen molar-refractivity contribution in [2.45, 2.75) is 17.7 Å². The van der Waals surface area contributed by atoms with Gasteiger partial charge in [-0.3, -0.25) is 4.79 Å². The Morgan fingerprint density at radius 1 is 1.03 bits per heavy atom. The van der Waals surface area contributed by atoms with Crippen molar-refractivity contribution in [3.05, 3.63) is 65.7 Å². The number of carbonyl (C=O) groups is 1. The van der Waals surface area contributed by atoms with Gasteiger partial charge in [0.15, 0.2) is 0 Å². The van der Waals surface area contributed by atoms with Gasteiger partial charge >= 0.3 is 0 Å². The van der Waals surface area contributed by atoms with Crippen LogP contribution in [-0.4, -0.2) is 64.3 Å². The van der Waals surface area contributed by atoms with E-state index in [1.165, 1.54) is 9.87 Å². The fourth-order valence-corrected chi connectivity index (χ4v) is 4.80. The number of rotatable bonds is 7. The van der Waals surface area contributed by atoms with Gasteiger partial charge in [0.25, 0.3) is 0 Å². The van der Waals surface area contributed by atoms with Gasteiger partial charge in [-0.1, -0.05) is 42.5 Å².